The van der Waals surface area contributed by atoms with Crippen LogP contribution >= 0.6 is 0 Å². The highest BCUT2D eigenvalue weighted by Gasteiger charge is 2.29. The first-order valence-corrected chi connectivity index (χ1v) is 11.5. The van der Waals surface area contributed by atoms with Gasteiger partial charge in [0.25, 0.3) is 5.91 Å². The zero-order chi connectivity index (χ0) is 21.6. The summed E-state index contributed by atoms with van der Waals surface area (Å²) in [5.74, 6) is -0.660. The molecule has 164 valence electrons. The summed E-state index contributed by atoms with van der Waals surface area (Å²) in [5.41, 5.74) is 1.77. The zero-order valence-corrected chi connectivity index (χ0v) is 18.4. The van der Waals surface area contributed by atoms with Crippen LogP contribution in [0.3, 0.4) is 0 Å². The van der Waals surface area contributed by atoms with Gasteiger partial charge in [0, 0.05) is 31.9 Å². The summed E-state index contributed by atoms with van der Waals surface area (Å²) >= 11 is 0. The second-order valence-corrected chi connectivity index (χ2v) is 9.30. The van der Waals surface area contributed by atoms with E-state index in [1.807, 2.05) is 6.92 Å². The standard InChI is InChI=1S/C19H31N3O6S/c1-5-12-29(25,26)22-8-6-15(7-9-22)21-18(23)17-13(2)16(14(3)20-17)19(24)28-11-10-27-4/h15,20H,5-12H2,1-4H3,(H,21,23). The number of aromatic amines is 1. The lowest BCUT2D eigenvalue weighted by atomic mass is 10.1. The zero-order valence-electron chi connectivity index (χ0n) is 17.5. The van der Waals surface area contributed by atoms with Gasteiger partial charge in [-0.25, -0.2) is 17.5 Å². The Labute approximate surface area is 172 Å². The lowest BCUT2D eigenvalue weighted by Crippen LogP contribution is -2.47. The van der Waals surface area contributed by atoms with Crippen molar-refractivity contribution >= 4 is 21.9 Å². The number of hydrogen-bond donors (Lipinski definition) is 2. The number of esters is 1. The SMILES string of the molecule is CCCS(=O)(=O)N1CCC(NC(=O)c2[nH]c(C)c(C(=O)OCCOC)c2C)CC1. The first kappa shape index (κ1) is 23.4. The first-order valence-electron chi connectivity index (χ1n) is 9.85. The lowest BCUT2D eigenvalue weighted by Gasteiger charge is -2.31. The number of nitrogens with one attached hydrogen (secondary N) is 2. The number of sulfonamides is 1. The average Bonchev–Trinajstić information content (AvgIpc) is 2.96. The lowest BCUT2D eigenvalue weighted by molar-refractivity contribution is 0.0386. The molecule has 29 heavy (non-hydrogen) atoms. The number of methoxy groups -OCH3 is 1. The van der Waals surface area contributed by atoms with E-state index in [2.05, 4.69) is 10.3 Å². The number of H-pyrrole nitrogens is 1. The van der Waals surface area contributed by atoms with Crippen molar-refractivity contribution in [2.45, 2.75) is 46.1 Å². The Morgan fingerprint density at radius 3 is 2.45 bits per heavy atom. The van der Waals surface area contributed by atoms with Gasteiger partial charge >= 0.3 is 5.97 Å². The highest BCUT2D eigenvalue weighted by molar-refractivity contribution is 7.89. The topological polar surface area (TPSA) is 118 Å². The molecule has 0 saturated carbocycles. The van der Waals surface area contributed by atoms with Crippen molar-refractivity contribution in [2.24, 2.45) is 0 Å². The van der Waals surface area contributed by atoms with Gasteiger partial charge < -0.3 is 19.8 Å². The molecule has 1 aromatic heterocycles. The van der Waals surface area contributed by atoms with E-state index in [0.29, 0.717) is 61.5 Å². The summed E-state index contributed by atoms with van der Waals surface area (Å²) in [6.07, 6.45) is 1.69. The molecule has 1 aromatic rings. The number of rotatable bonds is 9. The van der Waals surface area contributed by atoms with Crippen molar-refractivity contribution in [1.82, 2.24) is 14.6 Å². The van der Waals surface area contributed by atoms with Gasteiger partial charge in [-0.05, 0) is 38.7 Å². The second-order valence-electron chi connectivity index (χ2n) is 7.22. The van der Waals surface area contributed by atoms with Crippen LogP contribution in [0.15, 0.2) is 0 Å². The molecule has 0 spiro atoms. The molecule has 2 N–H and O–H groups in total. The molecule has 0 aliphatic carbocycles. The number of hydrogen-bond acceptors (Lipinski definition) is 6. The highest BCUT2D eigenvalue weighted by Crippen LogP contribution is 2.20. The normalized spacial score (nSPS) is 16.0. The van der Waals surface area contributed by atoms with E-state index in [1.165, 1.54) is 11.4 Å². The molecular weight excluding hydrogens is 398 g/mol. The molecule has 2 rings (SSSR count). The van der Waals surface area contributed by atoms with E-state index < -0.39 is 16.0 Å². The Bertz CT molecular complexity index is 825. The monoisotopic (exact) mass is 429 g/mol. The van der Waals surface area contributed by atoms with E-state index >= 15 is 0 Å². The third-order valence-corrected chi connectivity index (χ3v) is 7.11. The van der Waals surface area contributed by atoms with Crippen molar-refractivity contribution in [2.75, 3.05) is 39.2 Å². The molecule has 0 aromatic carbocycles. The average molecular weight is 430 g/mol. The number of ether oxygens (including phenoxy) is 2. The third kappa shape index (κ3) is 5.80. The minimum absolute atomic E-state index is 0.115. The molecule has 1 fully saturated rings. The van der Waals surface area contributed by atoms with Crippen LogP contribution in [0.1, 0.15) is 58.3 Å². The van der Waals surface area contributed by atoms with Crippen LogP contribution in [-0.4, -0.2) is 74.8 Å². The quantitative estimate of drug-likeness (QED) is 0.452. The van der Waals surface area contributed by atoms with Crippen molar-refractivity contribution < 1.29 is 27.5 Å². The van der Waals surface area contributed by atoms with Crippen LogP contribution < -0.4 is 5.32 Å². The molecule has 0 unspecified atom stereocenters. The number of aromatic nitrogens is 1. The molecule has 1 amide bonds. The maximum absolute atomic E-state index is 12.7. The summed E-state index contributed by atoms with van der Waals surface area (Å²) in [6.45, 7) is 6.49. The predicted molar refractivity (Wildman–Crippen MR) is 109 cm³/mol. The molecule has 2 heterocycles. The minimum Gasteiger partial charge on any atom is -0.460 e. The van der Waals surface area contributed by atoms with Crippen LogP contribution in [0.2, 0.25) is 0 Å². The summed E-state index contributed by atoms with van der Waals surface area (Å²) in [6, 6.07) is -0.115. The van der Waals surface area contributed by atoms with Crippen LogP contribution in [0.25, 0.3) is 0 Å². The fourth-order valence-corrected chi connectivity index (χ4v) is 5.04. The van der Waals surface area contributed by atoms with Gasteiger partial charge in [0.05, 0.1) is 17.9 Å². The van der Waals surface area contributed by atoms with Gasteiger partial charge in [-0.15, -0.1) is 0 Å². The Morgan fingerprint density at radius 1 is 1.21 bits per heavy atom. The van der Waals surface area contributed by atoms with Crippen molar-refractivity contribution in [3.8, 4) is 0 Å². The number of carbonyl (C=O) groups excluding carboxylic acids is 2. The number of nitrogens with zero attached hydrogens (tertiary/aromatic N) is 1. The van der Waals surface area contributed by atoms with Gasteiger partial charge in [-0.1, -0.05) is 6.92 Å². The van der Waals surface area contributed by atoms with Gasteiger partial charge in [-0.2, -0.15) is 0 Å². The number of carbonyl (C=O) groups is 2. The molecule has 0 bridgehead atoms. The fraction of sp³-hybridized carbons (Fsp3) is 0.684. The van der Waals surface area contributed by atoms with Crippen LogP contribution in [0.4, 0.5) is 0 Å². The van der Waals surface area contributed by atoms with E-state index in [4.69, 9.17) is 9.47 Å². The predicted octanol–water partition coefficient (Wildman–Crippen LogP) is 1.37. The van der Waals surface area contributed by atoms with E-state index in [1.54, 1.807) is 13.8 Å². The molecule has 0 radical (unpaired) electrons. The van der Waals surface area contributed by atoms with Crippen LogP contribution in [-0.2, 0) is 19.5 Å². The minimum atomic E-state index is -3.21. The van der Waals surface area contributed by atoms with Gasteiger partial charge in [0.15, 0.2) is 0 Å². The van der Waals surface area contributed by atoms with Crippen molar-refractivity contribution in [3.05, 3.63) is 22.5 Å². The number of aryl methyl sites for hydroxylation is 1. The maximum Gasteiger partial charge on any atom is 0.340 e. The molecular formula is C19H31N3O6S. The smallest absolute Gasteiger partial charge is 0.340 e. The van der Waals surface area contributed by atoms with Gasteiger partial charge in [-0.3, -0.25) is 4.79 Å². The second kappa shape index (κ2) is 10.2. The summed E-state index contributed by atoms with van der Waals surface area (Å²) in [7, 11) is -1.69. The Hall–Kier alpha value is -1.91. The van der Waals surface area contributed by atoms with Crippen molar-refractivity contribution in [1.29, 1.82) is 0 Å². The molecule has 0 atom stereocenters. The van der Waals surface area contributed by atoms with Crippen molar-refractivity contribution in [3.63, 3.8) is 0 Å². The van der Waals surface area contributed by atoms with E-state index in [9.17, 15) is 18.0 Å². The third-order valence-electron chi connectivity index (χ3n) is 5.03. The molecule has 1 saturated heterocycles. The van der Waals surface area contributed by atoms with Crippen LogP contribution in [0, 0.1) is 13.8 Å². The van der Waals surface area contributed by atoms with E-state index in [0.717, 1.165) is 0 Å². The number of piperidine rings is 1. The molecule has 9 nitrogen and oxygen atoms in total. The Kier molecular flexibility index (Phi) is 8.23. The van der Waals surface area contributed by atoms with E-state index in [-0.39, 0.29) is 24.3 Å². The first-order chi connectivity index (χ1) is 13.7. The van der Waals surface area contributed by atoms with Gasteiger partial charge in [0.1, 0.15) is 12.3 Å². The largest absolute Gasteiger partial charge is 0.460 e. The molecule has 10 heteroatoms. The van der Waals surface area contributed by atoms with Gasteiger partial charge in [0.2, 0.25) is 10.0 Å². The Morgan fingerprint density at radius 2 is 1.86 bits per heavy atom. The Balaban J connectivity index is 1.98. The summed E-state index contributed by atoms with van der Waals surface area (Å²) < 4.78 is 35.8. The fourth-order valence-electron chi connectivity index (χ4n) is 3.50. The summed E-state index contributed by atoms with van der Waals surface area (Å²) in [4.78, 5) is 28.0. The van der Waals surface area contributed by atoms with Crippen LogP contribution in [0.5, 0.6) is 0 Å². The molecule has 1 aliphatic rings. The highest BCUT2D eigenvalue weighted by atomic mass is 32.2. The number of amides is 1. The maximum atomic E-state index is 12.7. The summed E-state index contributed by atoms with van der Waals surface area (Å²) in [5, 5.41) is 2.95. The molecule has 1 aliphatic heterocycles.